The number of unbranched alkanes of at least 4 members (excludes halogenated alkanes) is 5. The highest BCUT2D eigenvalue weighted by Crippen LogP contribution is 2.10. The molecule has 0 nitrogen and oxygen atoms in total. The first kappa shape index (κ1) is 14.0. The van der Waals surface area contributed by atoms with Crippen LogP contribution in [0, 0.1) is 12.7 Å². The first-order valence-electron chi connectivity index (χ1n) is 6.51. The first-order valence-corrected chi connectivity index (χ1v) is 6.51. The van der Waals surface area contributed by atoms with Gasteiger partial charge in [-0.2, -0.15) is 0 Å². The Labute approximate surface area is 105 Å². The fraction of sp³-hybridized carbons (Fsp3) is 0.438. The van der Waals surface area contributed by atoms with Crippen molar-refractivity contribution in [2.24, 2.45) is 0 Å². The predicted molar refractivity (Wildman–Crippen MR) is 72.3 cm³/mol. The molecular formula is C16H22F. The second-order valence-electron chi connectivity index (χ2n) is 4.40. The van der Waals surface area contributed by atoms with Gasteiger partial charge in [-0.25, -0.2) is 4.39 Å². The summed E-state index contributed by atoms with van der Waals surface area (Å²) in [4.78, 5) is 0. The van der Waals surface area contributed by atoms with E-state index in [4.69, 9.17) is 0 Å². The summed E-state index contributed by atoms with van der Waals surface area (Å²) in [6, 6.07) is 6.85. The Kier molecular flexibility index (Phi) is 7.37. The first-order chi connectivity index (χ1) is 8.33. The second kappa shape index (κ2) is 8.98. The van der Waals surface area contributed by atoms with E-state index in [1.54, 1.807) is 12.1 Å². The van der Waals surface area contributed by atoms with E-state index >= 15 is 0 Å². The number of allylic oxidation sites excluding steroid dienone is 2. The molecule has 0 bridgehead atoms. The predicted octanol–water partition coefficient (Wildman–Crippen LogP) is 5.10. The Balaban J connectivity index is 1.99. The summed E-state index contributed by atoms with van der Waals surface area (Å²) >= 11 is 0. The van der Waals surface area contributed by atoms with Gasteiger partial charge in [0.05, 0.1) is 0 Å². The zero-order valence-corrected chi connectivity index (χ0v) is 10.5. The number of hydrogen-bond donors (Lipinski definition) is 0. The maximum absolute atomic E-state index is 12.7. The van der Waals surface area contributed by atoms with Gasteiger partial charge in [0.2, 0.25) is 0 Å². The smallest absolute Gasteiger partial charge is 0.123 e. The largest absolute Gasteiger partial charge is 0.207 e. The molecule has 0 atom stereocenters. The molecular weight excluding hydrogens is 211 g/mol. The van der Waals surface area contributed by atoms with Crippen LogP contribution in [0.1, 0.15) is 44.1 Å². The van der Waals surface area contributed by atoms with E-state index in [-0.39, 0.29) is 5.82 Å². The van der Waals surface area contributed by atoms with Crippen molar-refractivity contribution < 1.29 is 4.39 Å². The summed E-state index contributed by atoms with van der Waals surface area (Å²) in [7, 11) is 0. The van der Waals surface area contributed by atoms with Crippen LogP contribution in [-0.4, -0.2) is 0 Å². The molecule has 0 fully saturated rings. The molecule has 0 aromatic heterocycles. The van der Waals surface area contributed by atoms with Crippen molar-refractivity contribution in [3.63, 3.8) is 0 Å². The zero-order chi connectivity index (χ0) is 12.3. The summed E-state index contributed by atoms with van der Waals surface area (Å²) < 4.78 is 12.7. The van der Waals surface area contributed by atoms with E-state index in [0.717, 1.165) is 12.8 Å². The highest BCUT2D eigenvalue weighted by atomic mass is 19.1. The molecule has 1 heteroatoms. The average Bonchev–Trinajstić information content (AvgIpc) is 2.35. The summed E-state index contributed by atoms with van der Waals surface area (Å²) in [5.41, 5.74) is 1.24. The molecule has 0 aliphatic rings. The number of rotatable bonds is 8. The molecule has 93 valence electrons. The van der Waals surface area contributed by atoms with Crippen molar-refractivity contribution in [2.75, 3.05) is 0 Å². The van der Waals surface area contributed by atoms with E-state index in [2.05, 4.69) is 13.0 Å². The lowest BCUT2D eigenvalue weighted by Gasteiger charge is -2.01. The third-order valence-electron chi connectivity index (χ3n) is 2.92. The van der Waals surface area contributed by atoms with Gasteiger partial charge < -0.3 is 0 Å². The molecule has 0 N–H and O–H groups in total. The standard InChI is InChI=1S/C16H22F/c1-2-3-4-5-6-7-8-9-10-15-11-13-16(17)14-12-15/h2-3,11-14H,1,4-10H2. The van der Waals surface area contributed by atoms with Crippen molar-refractivity contribution in [1.82, 2.24) is 0 Å². The molecule has 0 aliphatic heterocycles. The van der Waals surface area contributed by atoms with Crippen molar-refractivity contribution in [1.29, 1.82) is 0 Å². The molecule has 17 heavy (non-hydrogen) atoms. The zero-order valence-electron chi connectivity index (χ0n) is 10.5. The lowest BCUT2D eigenvalue weighted by molar-refractivity contribution is 0.614. The maximum Gasteiger partial charge on any atom is 0.123 e. The van der Waals surface area contributed by atoms with Crippen molar-refractivity contribution >= 4 is 0 Å². The number of aryl methyl sites for hydroxylation is 1. The summed E-state index contributed by atoms with van der Waals surface area (Å²) in [6.07, 6.45) is 12.6. The van der Waals surface area contributed by atoms with Gasteiger partial charge >= 0.3 is 0 Å². The average molecular weight is 233 g/mol. The Hall–Kier alpha value is -1.11. The highest BCUT2D eigenvalue weighted by Gasteiger charge is 1.94. The van der Waals surface area contributed by atoms with Crippen molar-refractivity contribution in [3.05, 3.63) is 54.7 Å². The van der Waals surface area contributed by atoms with Crippen LogP contribution in [0.25, 0.3) is 0 Å². The third-order valence-corrected chi connectivity index (χ3v) is 2.92. The van der Waals surface area contributed by atoms with Crippen LogP contribution in [0.15, 0.2) is 36.4 Å². The lowest BCUT2D eigenvalue weighted by Crippen LogP contribution is -1.86. The Bertz CT molecular complexity index is 311. The third kappa shape index (κ3) is 6.93. The highest BCUT2D eigenvalue weighted by molar-refractivity contribution is 5.15. The molecule has 0 aliphatic carbocycles. The fourth-order valence-electron chi connectivity index (χ4n) is 1.89. The number of halogens is 1. The summed E-state index contributed by atoms with van der Waals surface area (Å²) in [6.45, 7) is 3.67. The van der Waals surface area contributed by atoms with Crippen LogP contribution < -0.4 is 0 Å². The van der Waals surface area contributed by atoms with Crippen LogP contribution in [0.3, 0.4) is 0 Å². The lowest BCUT2D eigenvalue weighted by atomic mass is 10.0. The molecule has 1 aromatic carbocycles. The van der Waals surface area contributed by atoms with E-state index in [9.17, 15) is 4.39 Å². The fourth-order valence-corrected chi connectivity index (χ4v) is 1.89. The molecule has 0 saturated heterocycles. The monoisotopic (exact) mass is 233 g/mol. The normalized spacial score (nSPS) is 11.2. The Morgan fingerprint density at radius 1 is 0.941 bits per heavy atom. The van der Waals surface area contributed by atoms with E-state index in [1.807, 2.05) is 18.2 Å². The number of benzene rings is 1. The summed E-state index contributed by atoms with van der Waals surface area (Å²) in [5.74, 6) is -0.146. The van der Waals surface area contributed by atoms with Gasteiger partial charge in [0.15, 0.2) is 0 Å². The van der Waals surface area contributed by atoms with Gasteiger partial charge in [-0.1, -0.05) is 43.5 Å². The Morgan fingerprint density at radius 2 is 1.59 bits per heavy atom. The van der Waals surface area contributed by atoms with Gasteiger partial charge in [-0.05, 0) is 50.3 Å². The van der Waals surface area contributed by atoms with Crippen LogP contribution in [0.2, 0.25) is 0 Å². The molecule has 1 radical (unpaired) electrons. The minimum Gasteiger partial charge on any atom is -0.207 e. The van der Waals surface area contributed by atoms with E-state index in [1.165, 1.54) is 37.7 Å². The molecule has 0 amide bonds. The van der Waals surface area contributed by atoms with Gasteiger partial charge in [0, 0.05) is 0 Å². The van der Waals surface area contributed by atoms with Crippen LogP contribution >= 0.6 is 0 Å². The molecule has 0 unspecified atom stereocenters. The molecule has 1 aromatic rings. The number of hydrogen-bond acceptors (Lipinski definition) is 0. The molecule has 1 rings (SSSR count). The second-order valence-corrected chi connectivity index (χ2v) is 4.40. The molecule has 0 saturated carbocycles. The van der Waals surface area contributed by atoms with Crippen LogP contribution in [-0.2, 0) is 6.42 Å². The van der Waals surface area contributed by atoms with Crippen molar-refractivity contribution in [3.8, 4) is 0 Å². The SMILES string of the molecule is [CH2]C=CCCCCCCCc1ccc(F)cc1. The minimum absolute atomic E-state index is 0.146. The van der Waals surface area contributed by atoms with E-state index in [0.29, 0.717) is 0 Å². The topological polar surface area (TPSA) is 0 Å². The Morgan fingerprint density at radius 3 is 2.29 bits per heavy atom. The molecule has 0 spiro atoms. The van der Waals surface area contributed by atoms with Gasteiger partial charge in [0.25, 0.3) is 0 Å². The van der Waals surface area contributed by atoms with Crippen molar-refractivity contribution in [2.45, 2.75) is 44.9 Å². The van der Waals surface area contributed by atoms with Gasteiger partial charge in [-0.3, -0.25) is 0 Å². The van der Waals surface area contributed by atoms with Crippen LogP contribution in [0.4, 0.5) is 4.39 Å². The molecule has 0 heterocycles. The van der Waals surface area contributed by atoms with E-state index < -0.39 is 0 Å². The van der Waals surface area contributed by atoms with Gasteiger partial charge in [-0.15, -0.1) is 0 Å². The quantitative estimate of drug-likeness (QED) is 0.548. The maximum atomic E-state index is 12.7. The van der Waals surface area contributed by atoms with Gasteiger partial charge in [0.1, 0.15) is 5.82 Å². The summed E-state index contributed by atoms with van der Waals surface area (Å²) in [5, 5.41) is 0. The minimum atomic E-state index is -0.146. The van der Waals surface area contributed by atoms with Crippen LogP contribution in [0.5, 0.6) is 0 Å².